The molecule has 1 fully saturated rings. The molecule has 1 saturated heterocycles. The van der Waals surface area contributed by atoms with Crippen molar-refractivity contribution in [2.45, 2.75) is 36.6 Å². The Labute approximate surface area is 159 Å². The van der Waals surface area contributed by atoms with Gasteiger partial charge in [-0.05, 0) is 43.2 Å². The average Bonchev–Trinajstić information content (AvgIpc) is 2.63. The fourth-order valence-electron chi connectivity index (χ4n) is 3.21. The van der Waals surface area contributed by atoms with Crippen LogP contribution in [-0.4, -0.2) is 31.2 Å². The zero-order valence-electron chi connectivity index (χ0n) is 14.3. The smallest absolute Gasteiger partial charge is 0.243 e. The van der Waals surface area contributed by atoms with E-state index in [0.29, 0.717) is 23.7 Å². The monoisotopic (exact) mass is 392 g/mol. The number of anilines is 1. The van der Waals surface area contributed by atoms with Crippen molar-refractivity contribution in [3.05, 3.63) is 59.6 Å². The molecule has 2 aromatic carbocycles. The number of sulfonamides is 1. The molecule has 3 rings (SSSR count). The van der Waals surface area contributed by atoms with Crippen molar-refractivity contribution in [2.75, 3.05) is 11.9 Å². The predicted molar refractivity (Wildman–Crippen MR) is 103 cm³/mol. The normalized spacial score (nSPS) is 18.4. The summed E-state index contributed by atoms with van der Waals surface area (Å²) < 4.78 is 27.4. The van der Waals surface area contributed by atoms with E-state index in [2.05, 4.69) is 5.32 Å². The number of hydrogen-bond acceptors (Lipinski definition) is 3. The Morgan fingerprint density at radius 3 is 2.62 bits per heavy atom. The molecule has 1 unspecified atom stereocenters. The molecule has 0 bridgehead atoms. The van der Waals surface area contributed by atoms with Gasteiger partial charge in [-0.25, -0.2) is 8.42 Å². The Hall–Kier alpha value is -1.89. The van der Waals surface area contributed by atoms with Gasteiger partial charge in [-0.1, -0.05) is 42.3 Å². The molecule has 138 valence electrons. The van der Waals surface area contributed by atoms with Crippen molar-refractivity contribution in [1.82, 2.24) is 4.31 Å². The molecular weight excluding hydrogens is 372 g/mol. The zero-order valence-corrected chi connectivity index (χ0v) is 15.8. The van der Waals surface area contributed by atoms with Gasteiger partial charge >= 0.3 is 0 Å². The maximum absolute atomic E-state index is 13.0. The summed E-state index contributed by atoms with van der Waals surface area (Å²) in [5.41, 5.74) is 0.607. The Morgan fingerprint density at radius 2 is 1.88 bits per heavy atom. The number of amides is 1. The number of rotatable bonds is 5. The summed E-state index contributed by atoms with van der Waals surface area (Å²) in [6, 6.07) is 14.9. The van der Waals surface area contributed by atoms with E-state index in [0.717, 1.165) is 12.8 Å². The molecule has 1 N–H and O–H groups in total. The van der Waals surface area contributed by atoms with Crippen LogP contribution < -0.4 is 5.32 Å². The van der Waals surface area contributed by atoms with Gasteiger partial charge in [0.1, 0.15) is 0 Å². The van der Waals surface area contributed by atoms with Crippen molar-refractivity contribution in [2.24, 2.45) is 0 Å². The number of benzene rings is 2. The van der Waals surface area contributed by atoms with Gasteiger partial charge < -0.3 is 5.32 Å². The van der Waals surface area contributed by atoms with Crippen LogP contribution in [0.4, 0.5) is 5.69 Å². The number of nitrogens with one attached hydrogen (secondary N) is 1. The summed E-state index contributed by atoms with van der Waals surface area (Å²) in [5.74, 6) is -0.215. The molecule has 0 radical (unpaired) electrons. The van der Waals surface area contributed by atoms with Gasteiger partial charge in [0.25, 0.3) is 0 Å². The average molecular weight is 393 g/mol. The quantitative estimate of drug-likeness (QED) is 0.838. The van der Waals surface area contributed by atoms with Crippen molar-refractivity contribution in [3.8, 4) is 0 Å². The third kappa shape index (κ3) is 4.44. The molecule has 2 aromatic rings. The molecule has 1 aliphatic rings. The van der Waals surface area contributed by atoms with E-state index < -0.39 is 10.0 Å². The fraction of sp³-hybridized carbons (Fsp3) is 0.316. The van der Waals surface area contributed by atoms with Crippen LogP contribution in [-0.2, 0) is 14.8 Å². The van der Waals surface area contributed by atoms with Crippen LogP contribution in [0.3, 0.4) is 0 Å². The van der Waals surface area contributed by atoms with E-state index >= 15 is 0 Å². The van der Waals surface area contributed by atoms with Crippen LogP contribution in [0.2, 0.25) is 5.02 Å². The minimum atomic E-state index is -3.60. The molecule has 0 spiro atoms. The highest BCUT2D eigenvalue weighted by molar-refractivity contribution is 7.89. The standard InChI is InChI=1S/C19H21ClN2O3S/c20-15-7-6-8-16(13-15)21-19(23)14-17-9-4-5-12-22(17)26(24,25)18-10-2-1-3-11-18/h1-3,6-8,10-11,13,17H,4-5,9,12,14H2,(H,21,23). The van der Waals surface area contributed by atoms with Gasteiger partial charge in [0.15, 0.2) is 0 Å². The van der Waals surface area contributed by atoms with Crippen molar-refractivity contribution in [3.63, 3.8) is 0 Å². The lowest BCUT2D eigenvalue weighted by Gasteiger charge is -2.34. The molecule has 5 nitrogen and oxygen atoms in total. The second-order valence-electron chi connectivity index (χ2n) is 6.34. The first kappa shape index (κ1) is 18.9. The highest BCUT2D eigenvalue weighted by Crippen LogP contribution is 2.27. The van der Waals surface area contributed by atoms with Crippen molar-refractivity contribution >= 4 is 33.2 Å². The molecule has 0 aliphatic carbocycles. The molecule has 26 heavy (non-hydrogen) atoms. The highest BCUT2D eigenvalue weighted by Gasteiger charge is 2.34. The lowest BCUT2D eigenvalue weighted by Crippen LogP contribution is -2.45. The summed E-state index contributed by atoms with van der Waals surface area (Å²) >= 11 is 5.93. The largest absolute Gasteiger partial charge is 0.326 e. The van der Waals surface area contributed by atoms with Crippen LogP contribution in [0, 0.1) is 0 Å². The topological polar surface area (TPSA) is 66.5 Å². The van der Waals surface area contributed by atoms with Crippen LogP contribution in [0.1, 0.15) is 25.7 Å². The Bertz CT molecular complexity index is 871. The van der Waals surface area contributed by atoms with Crippen LogP contribution in [0.5, 0.6) is 0 Å². The first-order valence-electron chi connectivity index (χ1n) is 8.59. The first-order chi connectivity index (χ1) is 12.5. The Kier molecular flexibility index (Phi) is 5.96. The van der Waals surface area contributed by atoms with Crippen molar-refractivity contribution in [1.29, 1.82) is 0 Å². The minimum Gasteiger partial charge on any atom is -0.326 e. The van der Waals surface area contributed by atoms with Gasteiger partial charge in [0, 0.05) is 29.7 Å². The number of carbonyl (C=O) groups excluding carboxylic acids is 1. The van der Waals surface area contributed by atoms with Gasteiger partial charge in [-0.2, -0.15) is 4.31 Å². The lowest BCUT2D eigenvalue weighted by molar-refractivity contribution is -0.117. The molecule has 0 aromatic heterocycles. The molecule has 1 amide bonds. The molecule has 1 aliphatic heterocycles. The summed E-state index contributed by atoms with van der Waals surface area (Å²) in [6.07, 6.45) is 2.52. The lowest BCUT2D eigenvalue weighted by atomic mass is 10.0. The van der Waals surface area contributed by atoms with Gasteiger partial charge in [-0.15, -0.1) is 0 Å². The molecule has 0 saturated carbocycles. The summed E-state index contributed by atoms with van der Waals surface area (Å²) in [7, 11) is -3.60. The maximum atomic E-state index is 13.0. The van der Waals surface area contributed by atoms with Crippen LogP contribution >= 0.6 is 11.6 Å². The first-order valence-corrected chi connectivity index (χ1v) is 10.4. The third-order valence-corrected chi connectivity index (χ3v) is 6.65. The number of carbonyl (C=O) groups is 1. The number of hydrogen-bond donors (Lipinski definition) is 1. The molecule has 1 atom stereocenters. The number of nitrogens with zero attached hydrogens (tertiary/aromatic N) is 1. The third-order valence-electron chi connectivity index (χ3n) is 4.45. The summed E-state index contributed by atoms with van der Waals surface area (Å²) in [5, 5.41) is 3.33. The Balaban J connectivity index is 1.74. The number of halogens is 1. The van der Waals surface area contributed by atoms with E-state index in [-0.39, 0.29) is 23.3 Å². The number of piperidine rings is 1. The summed E-state index contributed by atoms with van der Waals surface area (Å²) in [4.78, 5) is 12.7. The summed E-state index contributed by atoms with van der Waals surface area (Å²) in [6.45, 7) is 0.437. The van der Waals surface area contributed by atoms with Gasteiger partial charge in [0.05, 0.1) is 4.90 Å². The van der Waals surface area contributed by atoms with E-state index in [1.54, 1.807) is 54.6 Å². The predicted octanol–water partition coefficient (Wildman–Crippen LogP) is 3.91. The highest BCUT2D eigenvalue weighted by atomic mass is 35.5. The second kappa shape index (κ2) is 8.20. The zero-order chi connectivity index (χ0) is 18.6. The van der Waals surface area contributed by atoms with Gasteiger partial charge in [0.2, 0.25) is 15.9 Å². The molecule has 1 heterocycles. The van der Waals surface area contributed by atoms with Crippen molar-refractivity contribution < 1.29 is 13.2 Å². The SMILES string of the molecule is O=C(CC1CCCCN1S(=O)(=O)c1ccccc1)Nc1cccc(Cl)c1. The molecular formula is C19H21ClN2O3S. The van der Waals surface area contributed by atoms with Crippen LogP contribution in [0.15, 0.2) is 59.5 Å². The van der Waals surface area contributed by atoms with E-state index in [1.807, 2.05) is 0 Å². The minimum absolute atomic E-state index is 0.124. The van der Waals surface area contributed by atoms with E-state index in [1.165, 1.54) is 4.31 Å². The van der Waals surface area contributed by atoms with E-state index in [4.69, 9.17) is 11.6 Å². The van der Waals surface area contributed by atoms with Gasteiger partial charge in [-0.3, -0.25) is 4.79 Å². The Morgan fingerprint density at radius 1 is 1.12 bits per heavy atom. The fourth-order valence-corrected chi connectivity index (χ4v) is 5.12. The van der Waals surface area contributed by atoms with Crippen LogP contribution in [0.25, 0.3) is 0 Å². The van der Waals surface area contributed by atoms with E-state index in [9.17, 15) is 13.2 Å². The molecule has 7 heteroatoms. The second-order valence-corrected chi connectivity index (χ2v) is 8.67. The maximum Gasteiger partial charge on any atom is 0.243 e.